The van der Waals surface area contributed by atoms with Crippen molar-refractivity contribution in [2.75, 3.05) is 0 Å². The summed E-state index contributed by atoms with van der Waals surface area (Å²) < 4.78 is 41.9. The van der Waals surface area contributed by atoms with Crippen molar-refractivity contribution in [3.05, 3.63) is 83.4 Å². The van der Waals surface area contributed by atoms with E-state index >= 15 is 0 Å². The van der Waals surface area contributed by atoms with Crippen LogP contribution >= 0.6 is 11.6 Å². The van der Waals surface area contributed by atoms with Crippen molar-refractivity contribution in [3.8, 4) is 16.9 Å². The lowest BCUT2D eigenvalue weighted by atomic mass is 10.1. The molecule has 174 valence electrons. The van der Waals surface area contributed by atoms with E-state index in [0.717, 1.165) is 34.4 Å². The molecule has 8 nitrogen and oxygen atoms in total. The van der Waals surface area contributed by atoms with Crippen LogP contribution in [0, 0.1) is 0 Å². The summed E-state index contributed by atoms with van der Waals surface area (Å²) in [4.78, 5) is 3.95. The highest BCUT2D eigenvalue weighted by Crippen LogP contribution is 2.32. The Balaban J connectivity index is 1.39. The summed E-state index contributed by atoms with van der Waals surface area (Å²) in [5, 5.41) is 21.2. The fourth-order valence-corrected chi connectivity index (χ4v) is 4.17. The van der Waals surface area contributed by atoms with Gasteiger partial charge in [0.2, 0.25) is 0 Å². The molecule has 0 saturated heterocycles. The third kappa shape index (κ3) is 3.79. The summed E-state index contributed by atoms with van der Waals surface area (Å²) >= 11 is 6.55. The first-order valence-electron chi connectivity index (χ1n) is 10.4. The Hall–Kier alpha value is -4.25. The number of alkyl halides is 3. The summed E-state index contributed by atoms with van der Waals surface area (Å²) in [5.41, 5.74) is 3.96. The molecule has 0 aliphatic rings. The highest BCUT2D eigenvalue weighted by molar-refractivity contribution is 6.35. The Morgan fingerprint density at radius 3 is 2.69 bits per heavy atom. The van der Waals surface area contributed by atoms with Crippen LogP contribution in [0.1, 0.15) is 11.3 Å². The molecule has 35 heavy (non-hydrogen) atoms. The molecule has 0 aliphatic carbocycles. The first-order chi connectivity index (χ1) is 16.9. The van der Waals surface area contributed by atoms with Crippen LogP contribution in [0.3, 0.4) is 0 Å². The second kappa shape index (κ2) is 7.91. The van der Waals surface area contributed by atoms with Gasteiger partial charge in [-0.3, -0.25) is 14.8 Å². The van der Waals surface area contributed by atoms with Crippen LogP contribution in [0.5, 0.6) is 0 Å². The van der Waals surface area contributed by atoms with Gasteiger partial charge < -0.3 is 0 Å². The molecule has 6 rings (SSSR count). The Morgan fingerprint density at radius 1 is 1.00 bits per heavy atom. The van der Waals surface area contributed by atoms with E-state index in [2.05, 4.69) is 30.6 Å². The maximum Gasteiger partial charge on any atom is 0.417 e. The van der Waals surface area contributed by atoms with Gasteiger partial charge in [-0.15, -0.1) is 5.10 Å². The largest absolute Gasteiger partial charge is 0.417 e. The lowest BCUT2D eigenvalue weighted by Gasteiger charge is -2.10. The van der Waals surface area contributed by atoms with Crippen LogP contribution in [-0.2, 0) is 12.7 Å². The second-order valence-corrected chi connectivity index (χ2v) is 8.29. The smallest absolute Gasteiger partial charge is 0.278 e. The number of halogens is 4. The van der Waals surface area contributed by atoms with Gasteiger partial charge in [0.15, 0.2) is 0 Å². The van der Waals surface area contributed by atoms with E-state index in [0.29, 0.717) is 27.4 Å². The van der Waals surface area contributed by atoms with Crippen molar-refractivity contribution >= 4 is 33.5 Å². The molecule has 0 saturated carbocycles. The maximum atomic E-state index is 12.8. The van der Waals surface area contributed by atoms with Gasteiger partial charge in [0, 0.05) is 23.3 Å². The van der Waals surface area contributed by atoms with Gasteiger partial charge in [0.1, 0.15) is 5.52 Å². The summed E-state index contributed by atoms with van der Waals surface area (Å²) in [5.74, 6) is 0. The standard InChI is InChI=1S/C23H14ClF3N8/c24-18-7-14(20-5-6-30-34(20)12-16-3-2-15(11-28-16)23(25,26)27)8-21-22(18)32-33-35(21)17-4-1-13-10-29-31-19(13)9-17/h1-11H,12H2,(H,29,31). The van der Waals surface area contributed by atoms with Crippen LogP contribution in [0.15, 0.2) is 67.1 Å². The van der Waals surface area contributed by atoms with Gasteiger partial charge in [0.25, 0.3) is 0 Å². The number of rotatable bonds is 4. The van der Waals surface area contributed by atoms with Crippen molar-refractivity contribution in [1.29, 1.82) is 0 Å². The van der Waals surface area contributed by atoms with E-state index in [1.807, 2.05) is 24.3 Å². The summed E-state index contributed by atoms with van der Waals surface area (Å²) in [6.07, 6.45) is -0.269. The minimum atomic E-state index is -4.44. The molecule has 0 atom stereocenters. The molecular weight excluding hydrogens is 481 g/mol. The molecule has 0 unspecified atom stereocenters. The van der Waals surface area contributed by atoms with Crippen molar-refractivity contribution in [1.82, 2.24) is 40.0 Å². The van der Waals surface area contributed by atoms with E-state index in [1.165, 1.54) is 6.07 Å². The van der Waals surface area contributed by atoms with E-state index in [9.17, 15) is 13.2 Å². The Kier molecular flexibility index (Phi) is 4.81. The number of hydrogen-bond acceptors (Lipinski definition) is 5. The molecule has 4 aromatic heterocycles. The van der Waals surface area contributed by atoms with Gasteiger partial charge in [-0.25, -0.2) is 4.68 Å². The predicted molar refractivity (Wildman–Crippen MR) is 123 cm³/mol. The van der Waals surface area contributed by atoms with Gasteiger partial charge >= 0.3 is 6.18 Å². The Bertz CT molecular complexity index is 1680. The van der Waals surface area contributed by atoms with Crippen LogP contribution < -0.4 is 0 Å². The summed E-state index contributed by atoms with van der Waals surface area (Å²) in [7, 11) is 0. The highest BCUT2D eigenvalue weighted by Gasteiger charge is 2.30. The number of aromatic nitrogens is 8. The Morgan fingerprint density at radius 2 is 1.89 bits per heavy atom. The van der Waals surface area contributed by atoms with Crippen LogP contribution in [0.25, 0.3) is 38.9 Å². The van der Waals surface area contributed by atoms with E-state index < -0.39 is 11.7 Å². The molecule has 6 aromatic rings. The van der Waals surface area contributed by atoms with Gasteiger partial charge in [-0.05, 0) is 48.5 Å². The number of hydrogen-bond donors (Lipinski definition) is 1. The first kappa shape index (κ1) is 21.3. The number of pyridine rings is 1. The number of aromatic amines is 1. The SMILES string of the molecule is FC(F)(F)c1ccc(Cn2nccc2-c2cc(Cl)c3nnn(-c4ccc5cn[nH]c5c4)c3c2)nc1. The third-order valence-corrected chi connectivity index (χ3v) is 5.94. The molecule has 4 heterocycles. The van der Waals surface area contributed by atoms with Crippen molar-refractivity contribution in [3.63, 3.8) is 0 Å². The average molecular weight is 495 g/mol. The lowest BCUT2D eigenvalue weighted by Crippen LogP contribution is -2.09. The molecule has 2 aromatic carbocycles. The van der Waals surface area contributed by atoms with Crippen LogP contribution in [0.4, 0.5) is 13.2 Å². The van der Waals surface area contributed by atoms with E-state index in [-0.39, 0.29) is 6.54 Å². The zero-order valence-corrected chi connectivity index (χ0v) is 18.5. The van der Waals surface area contributed by atoms with Crippen molar-refractivity contribution < 1.29 is 13.2 Å². The molecule has 0 amide bonds. The molecule has 0 spiro atoms. The fourth-order valence-electron chi connectivity index (χ4n) is 3.92. The normalized spacial score (nSPS) is 12.1. The zero-order chi connectivity index (χ0) is 24.2. The maximum absolute atomic E-state index is 12.8. The zero-order valence-electron chi connectivity index (χ0n) is 17.7. The molecular formula is C23H14ClF3N8. The van der Waals surface area contributed by atoms with Crippen LogP contribution in [-0.4, -0.2) is 40.0 Å². The molecule has 1 N–H and O–H groups in total. The summed E-state index contributed by atoms with van der Waals surface area (Å²) in [6.45, 7) is 0.185. The first-order valence-corrected chi connectivity index (χ1v) is 10.8. The third-order valence-electron chi connectivity index (χ3n) is 5.65. The summed E-state index contributed by atoms with van der Waals surface area (Å²) in [6, 6.07) is 13.6. The minimum Gasteiger partial charge on any atom is -0.278 e. The molecule has 0 fully saturated rings. The van der Waals surface area contributed by atoms with Gasteiger partial charge in [-0.1, -0.05) is 16.8 Å². The molecule has 12 heteroatoms. The topological polar surface area (TPSA) is 90.1 Å². The molecule has 0 bridgehead atoms. The highest BCUT2D eigenvalue weighted by atomic mass is 35.5. The van der Waals surface area contributed by atoms with Crippen molar-refractivity contribution in [2.45, 2.75) is 12.7 Å². The lowest BCUT2D eigenvalue weighted by molar-refractivity contribution is -0.137. The Labute approximate surface area is 200 Å². The van der Waals surface area contributed by atoms with Gasteiger partial charge in [0.05, 0.1) is 51.4 Å². The van der Waals surface area contributed by atoms with E-state index in [4.69, 9.17) is 11.6 Å². The quantitative estimate of drug-likeness (QED) is 0.360. The number of fused-ring (bicyclic) bond motifs is 2. The van der Waals surface area contributed by atoms with Crippen molar-refractivity contribution in [2.24, 2.45) is 0 Å². The molecule has 0 radical (unpaired) electrons. The van der Waals surface area contributed by atoms with Crippen LogP contribution in [0.2, 0.25) is 5.02 Å². The van der Waals surface area contributed by atoms with E-state index in [1.54, 1.807) is 33.9 Å². The monoisotopic (exact) mass is 494 g/mol. The number of nitrogens with zero attached hydrogens (tertiary/aromatic N) is 7. The number of nitrogens with one attached hydrogen (secondary N) is 1. The van der Waals surface area contributed by atoms with Gasteiger partial charge in [-0.2, -0.15) is 23.4 Å². The second-order valence-electron chi connectivity index (χ2n) is 7.88. The molecule has 0 aliphatic heterocycles. The predicted octanol–water partition coefficient (Wildman–Crippen LogP) is 5.28. The fraction of sp³-hybridized carbons (Fsp3) is 0.0870. The number of H-pyrrole nitrogens is 1. The minimum absolute atomic E-state index is 0.185. The average Bonchev–Trinajstić information content (AvgIpc) is 3.58. The number of benzene rings is 2.